The summed E-state index contributed by atoms with van der Waals surface area (Å²) in [6, 6.07) is -1.33. The van der Waals surface area contributed by atoms with Crippen molar-refractivity contribution in [3.63, 3.8) is 0 Å². The Bertz CT molecular complexity index is 456. The van der Waals surface area contributed by atoms with Crippen molar-refractivity contribution in [2.24, 2.45) is 5.92 Å². The normalized spacial score (nSPS) is 12.2. The molecule has 112 valence electrons. The molecule has 0 bridgehead atoms. The summed E-state index contributed by atoms with van der Waals surface area (Å²) < 4.78 is 1.72. The molecule has 0 saturated carbocycles. The van der Waals surface area contributed by atoms with E-state index in [4.69, 9.17) is 5.11 Å². The number of carbonyl (C=O) groups is 2. The van der Waals surface area contributed by atoms with Gasteiger partial charge in [-0.15, -0.1) is 0 Å². The zero-order chi connectivity index (χ0) is 15.1. The van der Waals surface area contributed by atoms with E-state index >= 15 is 0 Å². The number of hydrogen-bond donors (Lipinski definition) is 3. The van der Waals surface area contributed by atoms with Gasteiger partial charge >= 0.3 is 12.0 Å². The van der Waals surface area contributed by atoms with Crippen molar-refractivity contribution in [2.75, 3.05) is 6.54 Å². The molecule has 1 heterocycles. The lowest BCUT2D eigenvalue weighted by atomic mass is 10.0. The van der Waals surface area contributed by atoms with Crippen LogP contribution in [0.3, 0.4) is 0 Å². The van der Waals surface area contributed by atoms with E-state index in [-0.39, 0.29) is 5.92 Å². The molecule has 20 heavy (non-hydrogen) atoms. The molecule has 0 fully saturated rings. The number of urea groups is 1. The van der Waals surface area contributed by atoms with E-state index in [0.29, 0.717) is 19.5 Å². The Morgan fingerprint density at radius 1 is 1.45 bits per heavy atom. The Kier molecular flexibility index (Phi) is 6.02. The van der Waals surface area contributed by atoms with Crippen LogP contribution < -0.4 is 10.6 Å². The van der Waals surface area contributed by atoms with Crippen molar-refractivity contribution in [1.29, 1.82) is 0 Å². The fourth-order valence-electron chi connectivity index (χ4n) is 1.78. The summed E-state index contributed by atoms with van der Waals surface area (Å²) in [4.78, 5) is 22.6. The standard InChI is InChI=1S/C13H22N4O3/c1-9(2)6-11(12(18)19)16-13(20)14-4-5-17-8-10(3)7-15-17/h7-9,11H,4-6H2,1-3H3,(H,18,19)(H2,14,16,20)/t11-/m0/s1. The van der Waals surface area contributed by atoms with Crippen LogP contribution in [0.25, 0.3) is 0 Å². The first-order chi connectivity index (χ1) is 9.38. The molecule has 0 aliphatic rings. The van der Waals surface area contributed by atoms with E-state index in [0.717, 1.165) is 5.56 Å². The Balaban J connectivity index is 2.32. The summed E-state index contributed by atoms with van der Waals surface area (Å²) >= 11 is 0. The van der Waals surface area contributed by atoms with Crippen molar-refractivity contribution in [1.82, 2.24) is 20.4 Å². The Labute approximate surface area is 118 Å². The molecule has 1 aromatic heterocycles. The first-order valence-corrected chi connectivity index (χ1v) is 6.64. The van der Waals surface area contributed by atoms with Crippen molar-refractivity contribution in [3.05, 3.63) is 18.0 Å². The minimum Gasteiger partial charge on any atom is -0.480 e. The van der Waals surface area contributed by atoms with Gasteiger partial charge in [-0.25, -0.2) is 9.59 Å². The van der Waals surface area contributed by atoms with Crippen molar-refractivity contribution < 1.29 is 14.7 Å². The molecular formula is C13H22N4O3. The first-order valence-electron chi connectivity index (χ1n) is 6.64. The molecule has 7 nitrogen and oxygen atoms in total. The van der Waals surface area contributed by atoms with E-state index in [1.807, 2.05) is 27.0 Å². The van der Waals surface area contributed by atoms with Gasteiger partial charge in [0.2, 0.25) is 0 Å². The summed E-state index contributed by atoms with van der Waals surface area (Å²) in [5.74, 6) is -0.819. The number of carbonyl (C=O) groups excluding carboxylic acids is 1. The van der Waals surface area contributed by atoms with Crippen molar-refractivity contribution >= 4 is 12.0 Å². The molecule has 3 N–H and O–H groups in total. The number of carboxylic acids is 1. The molecule has 0 unspecified atom stereocenters. The third kappa shape index (κ3) is 5.73. The largest absolute Gasteiger partial charge is 0.480 e. The average molecular weight is 282 g/mol. The molecule has 0 spiro atoms. The van der Waals surface area contributed by atoms with Gasteiger partial charge in [-0.1, -0.05) is 13.8 Å². The van der Waals surface area contributed by atoms with Gasteiger partial charge < -0.3 is 15.7 Å². The zero-order valence-electron chi connectivity index (χ0n) is 12.1. The highest BCUT2D eigenvalue weighted by molar-refractivity contribution is 5.82. The second kappa shape index (κ2) is 7.52. The fourth-order valence-corrected chi connectivity index (χ4v) is 1.78. The van der Waals surface area contributed by atoms with E-state index in [1.165, 1.54) is 0 Å². The van der Waals surface area contributed by atoms with Gasteiger partial charge in [-0.3, -0.25) is 4.68 Å². The second-order valence-electron chi connectivity index (χ2n) is 5.20. The van der Waals surface area contributed by atoms with Gasteiger partial charge in [0.05, 0.1) is 12.7 Å². The lowest BCUT2D eigenvalue weighted by molar-refractivity contribution is -0.139. The fraction of sp³-hybridized carbons (Fsp3) is 0.615. The van der Waals surface area contributed by atoms with Crippen molar-refractivity contribution in [3.8, 4) is 0 Å². The maximum Gasteiger partial charge on any atom is 0.326 e. The Morgan fingerprint density at radius 3 is 2.65 bits per heavy atom. The average Bonchev–Trinajstić information content (AvgIpc) is 2.73. The number of aromatic nitrogens is 2. The maximum absolute atomic E-state index is 11.6. The quantitative estimate of drug-likeness (QED) is 0.695. The van der Waals surface area contributed by atoms with Gasteiger partial charge in [0, 0.05) is 12.7 Å². The summed E-state index contributed by atoms with van der Waals surface area (Å²) in [7, 11) is 0. The van der Waals surface area contributed by atoms with Crippen LogP contribution in [0.4, 0.5) is 4.79 Å². The third-order valence-corrected chi connectivity index (χ3v) is 2.70. The Morgan fingerprint density at radius 2 is 2.15 bits per heavy atom. The minimum absolute atomic E-state index is 0.198. The third-order valence-electron chi connectivity index (χ3n) is 2.70. The summed E-state index contributed by atoms with van der Waals surface area (Å²) in [6.07, 6.45) is 4.02. The molecule has 1 atom stereocenters. The van der Waals surface area contributed by atoms with Gasteiger partial charge in [0.15, 0.2) is 0 Å². The zero-order valence-corrected chi connectivity index (χ0v) is 12.1. The lowest BCUT2D eigenvalue weighted by Gasteiger charge is -2.16. The molecule has 0 saturated heterocycles. The van der Waals surface area contributed by atoms with Gasteiger partial charge in [0.25, 0.3) is 0 Å². The molecule has 0 aromatic carbocycles. The number of amides is 2. The van der Waals surface area contributed by atoms with Gasteiger partial charge in [0.1, 0.15) is 6.04 Å². The number of aryl methyl sites for hydroxylation is 1. The van der Waals surface area contributed by atoms with Crippen LogP contribution in [0.1, 0.15) is 25.8 Å². The van der Waals surface area contributed by atoms with Crippen LogP contribution >= 0.6 is 0 Å². The number of nitrogens with zero attached hydrogens (tertiary/aromatic N) is 2. The van der Waals surface area contributed by atoms with Crippen LogP contribution in [0.15, 0.2) is 12.4 Å². The first kappa shape index (κ1) is 16.0. The molecule has 0 aliphatic carbocycles. The van der Waals surface area contributed by atoms with Crippen LogP contribution in [0.5, 0.6) is 0 Å². The maximum atomic E-state index is 11.6. The lowest BCUT2D eigenvalue weighted by Crippen LogP contribution is -2.47. The molecule has 0 aliphatic heterocycles. The SMILES string of the molecule is Cc1cnn(CCNC(=O)N[C@@H](CC(C)C)C(=O)O)c1. The van der Waals surface area contributed by atoms with E-state index in [1.54, 1.807) is 10.9 Å². The number of hydrogen-bond acceptors (Lipinski definition) is 3. The summed E-state index contributed by atoms with van der Waals surface area (Å²) in [5.41, 5.74) is 1.05. The predicted octanol–water partition coefficient (Wildman–Crippen LogP) is 0.990. The van der Waals surface area contributed by atoms with Crippen LogP contribution in [-0.2, 0) is 11.3 Å². The van der Waals surface area contributed by atoms with E-state index < -0.39 is 18.0 Å². The van der Waals surface area contributed by atoms with Gasteiger partial charge in [-0.05, 0) is 24.8 Å². The van der Waals surface area contributed by atoms with Crippen LogP contribution in [0.2, 0.25) is 0 Å². The number of rotatable bonds is 7. The molecule has 1 aromatic rings. The topological polar surface area (TPSA) is 96.3 Å². The number of aliphatic carboxylic acids is 1. The highest BCUT2D eigenvalue weighted by atomic mass is 16.4. The van der Waals surface area contributed by atoms with Crippen molar-refractivity contribution in [2.45, 2.75) is 39.8 Å². The summed E-state index contributed by atoms with van der Waals surface area (Å²) in [5, 5.41) is 18.2. The molecule has 2 amide bonds. The molecule has 0 radical (unpaired) electrons. The molecule has 7 heteroatoms. The summed E-state index contributed by atoms with van der Waals surface area (Å²) in [6.45, 7) is 6.70. The van der Waals surface area contributed by atoms with Crippen LogP contribution in [0, 0.1) is 12.8 Å². The monoisotopic (exact) mass is 282 g/mol. The molecular weight excluding hydrogens is 260 g/mol. The highest BCUT2D eigenvalue weighted by Crippen LogP contribution is 2.04. The van der Waals surface area contributed by atoms with Gasteiger partial charge in [-0.2, -0.15) is 5.10 Å². The van der Waals surface area contributed by atoms with E-state index in [9.17, 15) is 9.59 Å². The highest BCUT2D eigenvalue weighted by Gasteiger charge is 2.20. The Hall–Kier alpha value is -2.05. The number of nitrogens with one attached hydrogen (secondary N) is 2. The molecule has 1 rings (SSSR count). The van der Waals surface area contributed by atoms with E-state index in [2.05, 4.69) is 15.7 Å². The predicted molar refractivity (Wildman–Crippen MR) is 74.4 cm³/mol. The second-order valence-corrected chi connectivity index (χ2v) is 5.20. The number of carboxylic acid groups (broad SMARTS) is 1. The smallest absolute Gasteiger partial charge is 0.326 e. The van der Waals surface area contributed by atoms with Crippen LogP contribution in [-0.4, -0.2) is 39.5 Å². The minimum atomic E-state index is -1.02.